The molecule has 0 bridgehead atoms. The number of amides is 2. The van der Waals surface area contributed by atoms with Crippen LogP contribution in [0.3, 0.4) is 0 Å². The van der Waals surface area contributed by atoms with Gasteiger partial charge in [-0.25, -0.2) is 24.2 Å². The van der Waals surface area contributed by atoms with Crippen molar-refractivity contribution in [1.82, 2.24) is 31.2 Å². The van der Waals surface area contributed by atoms with Crippen molar-refractivity contribution in [2.24, 2.45) is 5.10 Å². The minimum absolute atomic E-state index is 0.0331. The van der Waals surface area contributed by atoms with Crippen molar-refractivity contribution >= 4 is 50.9 Å². The molecule has 1 unspecified atom stereocenters. The number of amidine groups is 1. The second kappa shape index (κ2) is 12.1. The molecule has 4 atom stereocenters. The van der Waals surface area contributed by atoms with E-state index in [0.29, 0.717) is 40.4 Å². The lowest BCUT2D eigenvalue weighted by Crippen LogP contribution is -2.59. The zero-order valence-corrected chi connectivity index (χ0v) is 24.8. The molecule has 0 aromatic heterocycles. The summed E-state index contributed by atoms with van der Waals surface area (Å²) in [6.07, 6.45) is 3.78. The highest BCUT2D eigenvalue weighted by atomic mass is 35.5. The second-order valence-electron chi connectivity index (χ2n) is 10.3. The summed E-state index contributed by atoms with van der Waals surface area (Å²) in [6, 6.07) is 9.86. The molecule has 2 aromatic rings. The number of hydroxylamine groups is 1. The summed E-state index contributed by atoms with van der Waals surface area (Å²) < 4.78 is 27.4. The Bertz CT molecular complexity index is 1470. The van der Waals surface area contributed by atoms with Gasteiger partial charge in [0.2, 0.25) is 10.0 Å². The number of nitrogens with one attached hydrogen (secondary N) is 4. The lowest BCUT2D eigenvalue weighted by Gasteiger charge is -2.49. The van der Waals surface area contributed by atoms with Crippen LogP contribution >= 0.6 is 23.2 Å². The molecule has 2 heterocycles. The molecule has 0 saturated heterocycles. The number of sulfonamides is 1. The minimum Gasteiger partial charge on any atom is -0.326 e. The number of carbonyl (C=O) groups is 2. The minimum atomic E-state index is -3.58. The average Bonchev–Trinajstić information content (AvgIpc) is 3.33. The van der Waals surface area contributed by atoms with Crippen molar-refractivity contribution in [1.29, 1.82) is 0 Å². The number of hydrazine groups is 2. The van der Waals surface area contributed by atoms with Crippen LogP contribution in [0.1, 0.15) is 59.1 Å². The molecule has 3 aliphatic rings. The third kappa shape index (κ3) is 6.30. The molecular weight excluding hydrogens is 593 g/mol. The largest absolute Gasteiger partial charge is 0.326 e. The maximum absolute atomic E-state index is 14.3. The maximum atomic E-state index is 14.3. The Balaban J connectivity index is 1.59. The van der Waals surface area contributed by atoms with E-state index in [4.69, 9.17) is 28.0 Å². The molecule has 5 rings (SSSR count). The monoisotopic (exact) mass is 623 g/mol. The molecule has 15 heteroatoms. The number of benzene rings is 2. The van der Waals surface area contributed by atoms with Crippen LogP contribution in [0.25, 0.3) is 0 Å². The highest BCUT2D eigenvalue weighted by molar-refractivity contribution is 7.88. The fourth-order valence-corrected chi connectivity index (χ4v) is 7.14. The molecule has 2 aromatic carbocycles. The Hall–Kier alpha value is -2.94. The van der Waals surface area contributed by atoms with E-state index in [0.717, 1.165) is 19.1 Å². The van der Waals surface area contributed by atoms with E-state index in [2.05, 4.69) is 26.4 Å². The van der Waals surface area contributed by atoms with E-state index in [-0.39, 0.29) is 17.5 Å². The smallest absolute Gasteiger partial charge is 0.255 e. The first-order valence-corrected chi connectivity index (χ1v) is 15.8. The van der Waals surface area contributed by atoms with Crippen LogP contribution < -0.4 is 21.3 Å². The van der Waals surface area contributed by atoms with Crippen LogP contribution in [0.4, 0.5) is 0 Å². The van der Waals surface area contributed by atoms with Gasteiger partial charge in [-0.2, -0.15) is 0 Å². The normalized spacial score (nSPS) is 24.5. The molecule has 2 aliphatic heterocycles. The molecule has 1 aliphatic carbocycles. The van der Waals surface area contributed by atoms with Gasteiger partial charge in [0.25, 0.3) is 11.8 Å². The lowest BCUT2D eigenvalue weighted by molar-refractivity contribution is -0.136. The lowest BCUT2D eigenvalue weighted by atomic mass is 9.76. The maximum Gasteiger partial charge on any atom is 0.255 e. The van der Waals surface area contributed by atoms with Gasteiger partial charge in [-0.3, -0.25) is 19.4 Å². The van der Waals surface area contributed by atoms with Gasteiger partial charge in [0.1, 0.15) is 6.61 Å². The van der Waals surface area contributed by atoms with Crippen LogP contribution in [0.5, 0.6) is 0 Å². The van der Waals surface area contributed by atoms with Gasteiger partial charge >= 0.3 is 0 Å². The number of hydrogen-bond acceptors (Lipinski definition) is 9. The number of likely N-dealkylation sites (N-methyl/N-ethyl adjacent to an activating group) is 1. The standard InChI is InChI=1S/C26H31Cl2N7O5S/c1-34-22(29-32-33-34)14-40-30-25(36)23-16-7-3-4-8-17(16)26(37)35(24(23)18-12-11-15(27)13-19(18)28)21-10-6-5-9-20(21)31-41(2,38)39/h3-4,7-8,11-13,20-21,23-24,31-33H,5-6,9-10,14H2,1-2H3,(H,30,36)/t20-,21?,23+,24-/m0/s1. The molecule has 1 saturated carbocycles. The van der Waals surface area contributed by atoms with E-state index >= 15 is 0 Å². The topological polar surface area (TPSA) is 144 Å². The van der Waals surface area contributed by atoms with Gasteiger partial charge in [-0.05, 0) is 42.2 Å². The quantitative estimate of drug-likeness (QED) is 0.328. The van der Waals surface area contributed by atoms with Crippen molar-refractivity contribution in [3.8, 4) is 0 Å². The van der Waals surface area contributed by atoms with Gasteiger partial charge in [-0.15, -0.1) is 10.6 Å². The molecule has 4 N–H and O–H groups in total. The molecular formula is C26H31Cl2N7O5S. The van der Waals surface area contributed by atoms with E-state index < -0.39 is 40.0 Å². The molecule has 0 spiro atoms. The zero-order chi connectivity index (χ0) is 29.3. The van der Waals surface area contributed by atoms with Crippen LogP contribution in [0.2, 0.25) is 10.0 Å². The fourth-order valence-electron chi connectivity index (χ4n) is 5.80. The zero-order valence-electron chi connectivity index (χ0n) is 22.4. The Morgan fingerprint density at radius 2 is 1.90 bits per heavy atom. The Morgan fingerprint density at radius 3 is 2.61 bits per heavy atom. The van der Waals surface area contributed by atoms with E-state index in [1.165, 1.54) is 0 Å². The second-order valence-corrected chi connectivity index (χ2v) is 12.9. The molecule has 41 heavy (non-hydrogen) atoms. The molecule has 12 nitrogen and oxygen atoms in total. The summed E-state index contributed by atoms with van der Waals surface area (Å²) in [5, 5.41) is 6.30. The van der Waals surface area contributed by atoms with E-state index in [1.54, 1.807) is 59.4 Å². The summed E-state index contributed by atoms with van der Waals surface area (Å²) in [7, 11) is -1.85. The van der Waals surface area contributed by atoms with Crippen molar-refractivity contribution < 1.29 is 22.8 Å². The van der Waals surface area contributed by atoms with Crippen molar-refractivity contribution in [2.45, 2.75) is 49.7 Å². The van der Waals surface area contributed by atoms with Crippen LogP contribution in [-0.4, -0.2) is 68.0 Å². The number of rotatable bonds is 8. The Kier molecular flexibility index (Phi) is 8.73. The van der Waals surface area contributed by atoms with Gasteiger partial charge in [-0.1, -0.05) is 60.3 Å². The van der Waals surface area contributed by atoms with E-state index in [9.17, 15) is 18.0 Å². The number of hydrogen-bond donors (Lipinski definition) is 4. The fraction of sp³-hybridized carbons (Fsp3) is 0.423. The van der Waals surface area contributed by atoms with E-state index in [1.807, 2.05) is 0 Å². The van der Waals surface area contributed by atoms with Gasteiger partial charge < -0.3 is 4.90 Å². The van der Waals surface area contributed by atoms with Crippen molar-refractivity contribution in [3.63, 3.8) is 0 Å². The highest BCUT2D eigenvalue weighted by Gasteiger charge is 2.49. The van der Waals surface area contributed by atoms with Gasteiger partial charge in [0.05, 0.1) is 18.2 Å². The molecule has 2 amide bonds. The van der Waals surface area contributed by atoms with Crippen molar-refractivity contribution in [2.75, 3.05) is 19.9 Å². The van der Waals surface area contributed by atoms with Gasteiger partial charge in [0.15, 0.2) is 5.84 Å². The first-order valence-electron chi connectivity index (χ1n) is 13.1. The van der Waals surface area contributed by atoms with Crippen LogP contribution in [0, 0.1) is 0 Å². The molecule has 1 fully saturated rings. The third-order valence-corrected chi connectivity index (χ3v) is 8.85. The summed E-state index contributed by atoms with van der Waals surface area (Å²) in [6.45, 7) is -0.0331. The summed E-state index contributed by atoms with van der Waals surface area (Å²) in [5.41, 5.74) is 9.26. The van der Waals surface area contributed by atoms with Crippen LogP contribution in [0.15, 0.2) is 47.6 Å². The molecule has 0 radical (unpaired) electrons. The highest BCUT2D eigenvalue weighted by Crippen LogP contribution is 2.47. The first-order chi connectivity index (χ1) is 19.5. The number of nitrogens with zero attached hydrogens (tertiary/aromatic N) is 3. The summed E-state index contributed by atoms with van der Waals surface area (Å²) in [4.78, 5) is 35.4. The molecule has 220 valence electrons. The average molecular weight is 625 g/mol. The van der Waals surface area contributed by atoms with Gasteiger partial charge in [0, 0.05) is 34.7 Å². The Morgan fingerprint density at radius 1 is 1.15 bits per heavy atom. The predicted octanol–water partition coefficient (Wildman–Crippen LogP) is 2.45. The third-order valence-electron chi connectivity index (χ3n) is 7.56. The predicted molar refractivity (Wildman–Crippen MR) is 154 cm³/mol. The Labute approximate surface area is 248 Å². The number of hydrazone groups is 1. The number of carbonyl (C=O) groups excluding carboxylic acids is 2. The summed E-state index contributed by atoms with van der Waals surface area (Å²) >= 11 is 13.0. The van der Waals surface area contributed by atoms with Crippen LogP contribution in [-0.2, 0) is 19.7 Å². The van der Waals surface area contributed by atoms with Crippen molar-refractivity contribution in [3.05, 3.63) is 69.2 Å². The number of fused-ring (bicyclic) bond motifs is 1. The number of halogens is 2. The first kappa shape index (κ1) is 29.5. The summed E-state index contributed by atoms with van der Waals surface area (Å²) in [5.74, 6) is -1.26. The SMILES string of the molecule is CN1NNN=C1CONC(=O)[C@@H]1c2ccccc2C(=O)N(C2CCCC[C@@H]2NS(C)(=O)=O)[C@H]1c1ccc(Cl)cc1Cl.